The molecule has 1 heterocycles. The Morgan fingerprint density at radius 3 is 2.53 bits per heavy atom. The van der Waals surface area contributed by atoms with Crippen LogP contribution in [0.1, 0.15) is 16.7 Å². The van der Waals surface area contributed by atoms with Crippen LogP contribution in [0.5, 0.6) is 0 Å². The first kappa shape index (κ1) is 11.8. The minimum absolute atomic E-state index is 0.199. The standard InChI is InChI=1S/C16H13FN2/c1-11-9-13(7-8-14(11)17)16-18-10-15(19-16)12-5-3-2-4-6-12/h2-9H,10H2,1H3. The summed E-state index contributed by atoms with van der Waals surface area (Å²) in [5.74, 6) is 0.483. The minimum Gasteiger partial charge on any atom is -0.260 e. The van der Waals surface area contributed by atoms with Gasteiger partial charge in [0, 0.05) is 5.56 Å². The summed E-state index contributed by atoms with van der Waals surface area (Å²) >= 11 is 0. The Morgan fingerprint density at radius 2 is 1.79 bits per heavy atom. The third kappa shape index (κ3) is 2.32. The summed E-state index contributed by atoms with van der Waals surface area (Å²) in [7, 11) is 0. The molecule has 1 aliphatic heterocycles. The smallest absolute Gasteiger partial charge is 0.155 e. The third-order valence-electron chi connectivity index (χ3n) is 3.14. The van der Waals surface area contributed by atoms with Crippen LogP contribution in [0, 0.1) is 12.7 Å². The number of halogens is 1. The maximum absolute atomic E-state index is 13.3. The zero-order valence-corrected chi connectivity index (χ0v) is 10.6. The maximum Gasteiger partial charge on any atom is 0.155 e. The van der Waals surface area contributed by atoms with Gasteiger partial charge in [-0.3, -0.25) is 4.99 Å². The predicted octanol–water partition coefficient (Wildman–Crippen LogP) is 3.38. The van der Waals surface area contributed by atoms with Crippen LogP contribution in [0.4, 0.5) is 4.39 Å². The second-order valence-electron chi connectivity index (χ2n) is 4.53. The van der Waals surface area contributed by atoms with Crippen molar-refractivity contribution in [3.05, 3.63) is 71.0 Å². The molecule has 0 N–H and O–H groups in total. The Kier molecular flexibility index (Phi) is 2.95. The largest absolute Gasteiger partial charge is 0.260 e. The number of hydrogen-bond donors (Lipinski definition) is 0. The molecule has 0 unspecified atom stereocenters. The van der Waals surface area contributed by atoms with Crippen LogP contribution in [0.15, 0.2) is 58.5 Å². The summed E-state index contributed by atoms with van der Waals surface area (Å²) in [6, 6.07) is 15.0. The van der Waals surface area contributed by atoms with Crippen molar-refractivity contribution < 1.29 is 4.39 Å². The fourth-order valence-electron chi connectivity index (χ4n) is 2.07. The molecular weight excluding hydrogens is 239 g/mol. The molecule has 94 valence electrons. The highest BCUT2D eigenvalue weighted by atomic mass is 19.1. The maximum atomic E-state index is 13.3. The van der Waals surface area contributed by atoms with Crippen LogP contribution >= 0.6 is 0 Å². The molecule has 19 heavy (non-hydrogen) atoms. The van der Waals surface area contributed by atoms with Gasteiger partial charge in [0.25, 0.3) is 0 Å². The van der Waals surface area contributed by atoms with E-state index in [0.29, 0.717) is 17.9 Å². The summed E-state index contributed by atoms with van der Waals surface area (Å²) in [5.41, 5.74) is 3.52. The van der Waals surface area contributed by atoms with Gasteiger partial charge in [0.2, 0.25) is 0 Å². The summed E-state index contributed by atoms with van der Waals surface area (Å²) in [4.78, 5) is 8.97. The molecule has 2 aromatic rings. The van der Waals surface area contributed by atoms with E-state index in [1.807, 2.05) is 30.3 Å². The van der Waals surface area contributed by atoms with E-state index in [9.17, 15) is 4.39 Å². The van der Waals surface area contributed by atoms with Crippen molar-refractivity contribution in [2.24, 2.45) is 9.98 Å². The number of rotatable bonds is 2. The monoisotopic (exact) mass is 252 g/mol. The van der Waals surface area contributed by atoms with Gasteiger partial charge in [0.05, 0.1) is 12.3 Å². The minimum atomic E-state index is -0.199. The molecule has 2 nitrogen and oxygen atoms in total. The Labute approximate surface area is 111 Å². The number of amidine groups is 1. The average Bonchev–Trinajstić information content (AvgIpc) is 2.93. The Balaban J connectivity index is 1.92. The Bertz CT molecular complexity index is 672. The molecular formula is C16H13FN2. The van der Waals surface area contributed by atoms with Gasteiger partial charge in [0.1, 0.15) is 5.82 Å². The second-order valence-corrected chi connectivity index (χ2v) is 4.53. The van der Waals surface area contributed by atoms with Crippen LogP contribution in [-0.4, -0.2) is 18.1 Å². The molecule has 0 atom stereocenters. The highest BCUT2D eigenvalue weighted by Crippen LogP contribution is 2.15. The first-order valence-corrected chi connectivity index (χ1v) is 6.18. The summed E-state index contributed by atoms with van der Waals surface area (Å²) in [6.45, 7) is 2.33. The molecule has 3 heteroatoms. The number of nitrogens with zero attached hydrogens (tertiary/aromatic N) is 2. The van der Waals surface area contributed by atoms with E-state index >= 15 is 0 Å². The fourth-order valence-corrected chi connectivity index (χ4v) is 2.07. The van der Waals surface area contributed by atoms with E-state index in [1.165, 1.54) is 6.07 Å². The van der Waals surface area contributed by atoms with Gasteiger partial charge in [-0.2, -0.15) is 0 Å². The van der Waals surface area contributed by atoms with Crippen molar-refractivity contribution in [3.8, 4) is 0 Å². The molecule has 0 fully saturated rings. The highest BCUT2D eigenvalue weighted by Gasteiger charge is 2.14. The van der Waals surface area contributed by atoms with Crippen LogP contribution in [0.2, 0.25) is 0 Å². The quantitative estimate of drug-likeness (QED) is 0.782. The van der Waals surface area contributed by atoms with E-state index < -0.39 is 0 Å². The molecule has 3 rings (SSSR count). The first-order chi connectivity index (χ1) is 9.24. The van der Waals surface area contributed by atoms with E-state index in [4.69, 9.17) is 0 Å². The number of aliphatic imine (C=N–C) groups is 2. The Morgan fingerprint density at radius 1 is 1.00 bits per heavy atom. The van der Waals surface area contributed by atoms with E-state index in [1.54, 1.807) is 19.1 Å². The van der Waals surface area contributed by atoms with Crippen LogP contribution in [-0.2, 0) is 0 Å². The van der Waals surface area contributed by atoms with Gasteiger partial charge in [-0.25, -0.2) is 9.38 Å². The molecule has 0 bridgehead atoms. The van der Waals surface area contributed by atoms with Crippen LogP contribution < -0.4 is 0 Å². The van der Waals surface area contributed by atoms with Gasteiger partial charge >= 0.3 is 0 Å². The fraction of sp³-hybridized carbons (Fsp3) is 0.125. The summed E-state index contributed by atoms with van der Waals surface area (Å²) < 4.78 is 13.3. The SMILES string of the molecule is Cc1cc(C2=NCC(c3ccccc3)=N2)ccc1F. The molecule has 0 aromatic heterocycles. The lowest BCUT2D eigenvalue weighted by molar-refractivity contribution is 0.618. The molecule has 0 spiro atoms. The average molecular weight is 252 g/mol. The van der Waals surface area contributed by atoms with Gasteiger partial charge in [0.15, 0.2) is 5.84 Å². The predicted molar refractivity (Wildman–Crippen MR) is 75.5 cm³/mol. The Hall–Kier alpha value is -2.29. The molecule has 0 saturated heterocycles. The summed E-state index contributed by atoms with van der Waals surface area (Å²) in [5, 5.41) is 0. The van der Waals surface area contributed by atoms with Gasteiger partial charge in [-0.05, 0) is 36.2 Å². The molecule has 0 amide bonds. The molecule has 1 aliphatic rings. The van der Waals surface area contributed by atoms with E-state index in [-0.39, 0.29) is 5.82 Å². The normalized spacial score (nSPS) is 14.2. The van der Waals surface area contributed by atoms with Crippen molar-refractivity contribution in [2.45, 2.75) is 6.92 Å². The van der Waals surface area contributed by atoms with E-state index in [2.05, 4.69) is 9.98 Å². The third-order valence-corrected chi connectivity index (χ3v) is 3.14. The topological polar surface area (TPSA) is 24.7 Å². The number of aryl methyl sites for hydroxylation is 1. The number of hydrogen-bond acceptors (Lipinski definition) is 2. The molecule has 2 aromatic carbocycles. The molecule has 0 aliphatic carbocycles. The van der Waals surface area contributed by atoms with Crippen molar-refractivity contribution in [3.63, 3.8) is 0 Å². The zero-order valence-electron chi connectivity index (χ0n) is 10.6. The van der Waals surface area contributed by atoms with Crippen molar-refractivity contribution in [1.82, 2.24) is 0 Å². The first-order valence-electron chi connectivity index (χ1n) is 6.18. The molecule has 0 saturated carbocycles. The molecule has 0 radical (unpaired) electrons. The van der Waals surface area contributed by atoms with Gasteiger partial charge in [-0.1, -0.05) is 30.3 Å². The lowest BCUT2D eigenvalue weighted by atomic mass is 10.1. The van der Waals surface area contributed by atoms with Gasteiger partial charge in [-0.15, -0.1) is 0 Å². The number of benzene rings is 2. The second kappa shape index (κ2) is 4.76. The van der Waals surface area contributed by atoms with E-state index in [0.717, 1.165) is 16.8 Å². The lowest BCUT2D eigenvalue weighted by Crippen LogP contribution is -2.01. The highest BCUT2D eigenvalue weighted by molar-refractivity contribution is 6.17. The van der Waals surface area contributed by atoms with Crippen molar-refractivity contribution >= 4 is 11.5 Å². The van der Waals surface area contributed by atoms with Crippen LogP contribution in [0.25, 0.3) is 0 Å². The van der Waals surface area contributed by atoms with Gasteiger partial charge < -0.3 is 0 Å². The summed E-state index contributed by atoms with van der Waals surface area (Å²) in [6.07, 6.45) is 0. The zero-order chi connectivity index (χ0) is 13.2. The lowest BCUT2D eigenvalue weighted by Gasteiger charge is -2.01. The van der Waals surface area contributed by atoms with Crippen molar-refractivity contribution in [2.75, 3.05) is 6.54 Å². The van der Waals surface area contributed by atoms with Crippen molar-refractivity contribution in [1.29, 1.82) is 0 Å². The van der Waals surface area contributed by atoms with Crippen LogP contribution in [0.3, 0.4) is 0 Å².